The van der Waals surface area contributed by atoms with Crippen molar-refractivity contribution in [2.75, 3.05) is 51.8 Å². The Morgan fingerprint density at radius 3 is 2.69 bits per heavy atom. The van der Waals surface area contributed by atoms with Gasteiger partial charge in [0.2, 0.25) is 5.91 Å². The van der Waals surface area contributed by atoms with Crippen LogP contribution in [0.4, 0.5) is 5.69 Å². The molecule has 12 heteroatoms. The number of nitrogens with one attached hydrogen (secondary N) is 2. The van der Waals surface area contributed by atoms with E-state index in [-0.39, 0.29) is 17.9 Å². The minimum Gasteiger partial charge on any atom is -0.491 e. The Hall–Kier alpha value is -2.96. The summed E-state index contributed by atoms with van der Waals surface area (Å²) in [4.78, 5) is 28.4. The van der Waals surface area contributed by atoms with Crippen molar-refractivity contribution in [1.82, 2.24) is 14.3 Å². The average Bonchev–Trinajstić information content (AvgIpc) is 3.23. The number of aliphatic hydroxyl groups excluding tert-OH is 1. The van der Waals surface area contributed by atoms with Crippen LogP contribution in [-0.2, 0) is 31.9 Å². The highest BCUT2D eigenvalue weighted by Gasteiger charge is 2.39. The summed E-state index contributed by atoms with van der Waals surface area (Å²) >= 11 is 4.62. The third-order valence-corrected chi connectivity index (χ3v) is 10.6. The SMILES string of the molecule is CCCc1cc(Cl)ccc1C1COc2ccc(C(O)C(=O)NS(=O)NCC)cc2N(CC2CCC2C(/C=C/CCN(C)C(C)=O)OC)C1. The molecule has 4 rings (SSSR count). The van der Waals surface area contributed by atoms with E-state index in [1.165, 1.54) is 11.1 Å². The first-order valence-corrected chi connectivity index (χ1v) is 18.4. The molecule has 48 heavy (non-hydrogen) atoms. The normalized spacial score (nSPS) is 21.0. The van der Waals surface area contributed by atoms with E-state index in [0.29, 0.717) is 54.4 Å². The quantitative estimate of drug-likeness (QED) is 0.209. The molecule has 1 fully saturated rings. The van der Waals surface area contributed by atoms with E-state index in [2.05, 4.69) is 45.6 Å². The van der Waals surface area contributed by atoms with Gasteiger partial charge in [-0.1, -0.05) is 56.2 Å². The minimum absolute atomic E-state index is 0.0472. The molecule has 0 radical (unpaired) electrons. The number of hydrogen-bond acceptors (Lipinski definition) is 7. The first kappa shape index (κ1) is 37.9. The van der Waals surface area contributed by atoms with E-state index in [9.17, 15) is 18.9 Å². The van der Waals surface area contributed by atoms with Crippen LogP contribution in [0.25, 0.3) is 0 Å². The number of halogens is 1. The van der Waals surface area contributed by atoms with Gasteiger partial charge in [-0.05, 0) is 78.5 Å². The second-order valence-corrected chi connectivity index (χ2v) is 14.2. The van der Waals surface area contributed by atoms with Crippen molar-refractivity contribution in [3.8, 4) is 5.75 Å². The van der Waals surface area contributed by atoms with Crippen LogP contribution >= 0.6 is 11.6 Å². The monoisotopic (exact) mass is 702 g/mol. The van der Waals surface area contributed by atoms with Crippen LogP contribution in [0, 0.1) is 11.8 Å². The van der Waals surface area contributed by atoms with Gasteiger partial charge in [0.05, 0.1) is 18.4 Å². The van der Waals surface area contributed by atoms with Crippen LogP contribution < -0.4 is 19.1 Å². The van der Waals surface area contributed by atoms with Crippen molar-refractivity contribution in [1.29, 1.82) is 0 Å². The number of amides is 2. The lowest BCUT2D eigenvalue weighted by Crippen LogP contribution is -2.44. The van der Waals surface area contributed by atoms with Crippen LogP contribution in [-0.4, -0.2) is 79.1 Å². The molecule has 0 saturated heterocycles. The number of benzene rings is 2. The van der Waals surface area contributed by atoms with Gasteiger partial charge in [-0.15, -0.1) is 0 Å². The minimum atomic E-state index is -1.80. The molecular formula is C36H51ClN4O6S. The standard InChI is InChI=1S/C36H51ClN4O6S/c1-6-10-25-19-29(37)14-16-30(25)28-22-41(21-27-12-15-31(27)33(46-5)11-8-9-18-40(4)24(3)42)32-20-26(13-17-34(32)47-23-28)35(43)36(44)39-48(45)38-7-2/h8,11,13-14,16-17,19-20,27-28,31,33,35,38,43H,6-7,9-10,12,15,18,21-23H2,1-5H3,(H,39,44)/b11-8+. The summed E-state index contributed by atoms with van der Waals surface area (Å²) in [5.41, 5.74) is 3.63. The first-order chi connectivity index (χ1) is 23.1. The van der Waals surface area contributed by atoms with E-state index in [1.807, 2.05) is 18.2 Å². The lowest BCUT2D eigenvalue weighted by atomic mass is 9.70. The van der Waals surface area contributed by atoms with Crippen molar-refractivity contribution in [3.05, 3.63) is 70.3 Å². The third kappa shape index (κ3) is 9.81. The van der Waals surface area contributed by atoms with Crippen LogP contribution in [0.15, 0.2) is 48.6 Å². The molecule has 1 aliphatic carbocycles. The van der Waals surface area contributed by atoms with Gasteiger partial charge in [-0.2, -0.15) is 0 Å². The molecule has 2 aliphatic rings. The van der Waals surface area contributed by atoms with Crippen molar-refractivity contribution < 1.29 is 28.4 Å². The average molecular weight is 703 g/mol. The molecule has 264 valence electrons. The molecular weight excluding hydrogens is 652 g/mol. The van der Waals surface area contributed by atoms with Crippen LogP contribution in [0.3, 0.4) is 0 Å². The lowest BCUT2D eigenvalue weighted by Gasteiger charge is -2.43. The van der Waals surface area contributed by atoms with E-state index in [4.69, 9.17) is 21.1 Å². The van der Waals surface area contributed by atoms with Gasteiger partial charge in [0.1, 0.15) is 5.75 Å². The summed E-state index contributed by atoms with van der Waals surface area (Å²) in [6, 6.07) is 11.4. The van der Waals surface area contributed by atoms with E-state index in [0.717, 1.165) is 44.3 Å². The Morgan fingerprint density at radius 2 is 2.02 bits per heavy atom. The molecule has 6 unspecified atom stereocenters. The number of aliphatic hydroxyl groups is 1. The number of hydrogen-bond donors (Lipinski definition) is 3. The van der Waals surface area contributed by atoms with Crippen molar-refractivity contribution in [2.24, 2.45) is 11.8 Å². The number of rotatable bonds is 16. The summed E-state index contributed by atoms with van der Waals surface area (Å²) < 4.78 is 29.4. The van der Waals surface area contributed by atoms with Crippen LogP contribution in [0.2, 0.25) is 5.02 Å². The molecule has 2 aromatic rings. The van der Waals surface area contributed by atoms with Gasteiger partial charge in [-0.25, -0.2) is 8.93 Å². The highest BCUT2D eigenvalue weighted by Crippen LogP contribution is 2.43. The molecule has 2 aromatic carbocycles. The molecule has 2 amide bonds. The van der Waals surface area contributed by atoms with Crippen molar-refractivity contribution in [3.63, 3.8) is 0 Å². The molecule has 0 spiro atoms. The Kier molecular flexibility index (Phi) is 14.3. The van der Waals surface area contributed by atoms with Gasteiger partial charge in [-0.3, -0.25) is 14.3 Å². The third-order valence-electron chi connectivity index (χ3n) is 9.42. The number of carbonyl (C=O) groups is 2. The smallest absolute Gasteiger partial charge is 0.266 e. The van der Waals surface area contributed by atoms with Crippen molar-refractivity contribution >= 4 is 40.3 Å². The van der Waals surface area contributed by atoms with Gasteiger partial charge in [0.25, 0.3) is 5.91 Å². The van der Waals surface area contributed by atoms with E-state index >= 15 is 0 Å². The number of nitrogens with zero attached hydrogens (tertiary/aromatic N) is 2. The predicted molar refractivity (Wildman–Crippen MR) is 191 cm³/mol. The first-order valence-electron chi connectivity index (χ1n) is 16.9. The maximum Gasteiger partial charge on any atom is 0.266 e. The van der Waals surface area contributed by atoms with Gasteiger partial charge in [0.15, 0.2) is 17.3 Å². The zero-order valence-electron chi connectivity index (χ0n) is 28.7. The summed E-state index contributed by atoms with van der Waals surface area (Å²) in [5.74, 6) is 0.698. The Bertz CT molecular complexity index is 1460. The lowest BCUT2D eigenvalue weighted by molar-refractivity contribution is -0.128. The maximum atomic E-state index is 12.8. The number of carbonyl (C=O) groups excluding carboxylic acids is 2. The zero-order valence-corrected chi connectivity index (χ0v) is 30.3. The highest BCUT2D eigenvalue weighted by molar-refractivity contribution is 7.81. The molecule has 1 heterocycles. The molecule has 1 aliphatic heterocycles. The summed E-state index contributed by atoms with van der Waals surface area (Å²) in [7, 11) is 3.55. The Labute approximate surface area is 292 Å². The predicted octanol–water partition coefficient (Wildman–Crippen LogP) is 5.08. The maximum absolute atomic E-state index is 12.8. The van der Waals surface area contributed by atoms with Gasteiger partial charge in [0, 0.05) is 58.2 Å². The Morgan fingerprint density at radius 1 is 1.23 bits per heavy atom. The molecule has 0 aromatic heterocycles. The van der Waals surface area contributed by atoms with Gasteiger partial charge < -0.3 is 24.4 Å². The second-order valence-electron chi connectivity index (χ2n) is 12.7. The molecule has 3 N–H and O–H groups in total. The Balaban J connectivity index is 1.61. The summed E-state index contributed by atoms with van der Waals surface area (Å²) in [6.45, 7) is 8.45. The summed E-state index contributed by atoms with van der Waals surface area (Å²) in [6.07, 6.45) is 7.43. The number of aryl methyl sites for hydroxylation is 1. The topological polar surface area (TPSA) is 120 Å². The highest BCUT2D eigenvalue weighted by atomic mass is 35.5. The number of ether oxygens (including phenoxy) is 2. The molecule has 1 saturated carbocycles. The van der Waals surface area contributed by atoms with E-state index < -0.39 is 23.2 Å². The summed E-state index contributed by atoms with van der Waals surface area (Å²) in [5, 5.41) is 11.7. The number of fused-ring (bicyclic) bond motifs is 1. The molecule has 0 bridgehead atoms. The van der Waals surface area contributed by atoms with Crippen molar-refractivity contribution in [2.45, 2.75) is 71.0 Å². The fourth-order valence-electron chi connectivity index (χ4n) is 6.56. The largest absolute Gasteiger partial charge is 0.491 e. The van der Waals surface area contributed by atoms with Gasteiger partial charge >= 0.3 is 0 Å². The van der Waals surface area contributed by atoms with Crippen LogP contribution in [0.5, 0.6) is 5.75 Å². The molecule has 10 nitrogen and oxygen atoms in total. The number of methoxy groups -OCH3 is 1. The van der Waals surface area contributed by atoms with Crippen LogP contribution in [0.1, 0.15) is 75.2 Å². The zero-order chi connectivity index (χ0) is 34.8. The fraction of sp³-hybridized carbons (Fsp3) is 0.556. The van der Waals surface area contributed by atoms with E-state index in [1.54, 1.807) is 39.0 Å². The number of anilines is 1. The molecule has 6 atom stereocenters. The second kappa shape index (κ2) is 18.2. The fourth-order valence-corrected chi connectivity index (χ4v) is 7.38.